The highest BCUT2D eigenvalue weighted by Gasteiger charge is 2.40. The predicted octanol–water partition coefficient (Wildman–Crippen LogP) is 2.87. The van der Waals surface area contributed by atoms with Crippen LogP contribution in [0.5, 0.6) is 0 Å². The van der Waals surface area contributed by atoms with Crippen LogP contribution in [-0.2, 0) is 27.3 Å². The molecular weight excluding hydrogens is 374 g/mol. The van der Waals surface area contributed by atoms with Gasteiger partial charge in [-0.25, -0.2) is 0 Å². The molecule has 146 valence electrons. The van der Waals surface area contributed by atoms with E-state index >= 15 is 0 Å². The van der Waals surface area contributed by atoms with E-state index in [1.807, 2.05) is 60.7 Å². The van der Waals surface area contributed by atoms with Crippen LogP contribution in [0.4, 0.5) is 0 Å². The number of aliphatic hydroxyl groups excluding tert-OH is 1. The molecule has 1 aliphatic heterocycles. The fourth-order valence-electron chi connectivity index (χ4n) is 3.10. The first-order valence-corrected chi connectivity index (χ1v) is 9.51. The lowest BCUT2D eigenvalue weighted by molar-refractivity contribution is -0.147. The van der Waals surface area contributed by atoms with Crippen LogP contribution in [0.25, 0.3) is 0 Å². The van der Waals surface area contributed by atoms with E-state index in [2.05, 4.69) is 6.58 Å². The normalized spacial score (nSPS) is 18.4. The van der Waals surface area contributed by atoms with Gasteiger partial charge in [-0.1, -0.05) is 66.7 Å². The van der Waals surface area contributed by atoms with Gasteiger partial charge in [-0.05, 0) is 29.8 Å². The predicted molar refractivity (Wildman–Crippen MR) is 111 cm³/mol. The Labute approximate surface area is 170 Å². The van der Waals surface area contributed by atoms with Crippen LogP contribution in [0.15, 0.2) is 73.3 Å². The Bertz CT molecular complexity index is 812. The van der Waals surface area contributed by atoms with Crippen molar-refractivity contribution in [1.29, 1.82) is 0 Å². The molecular formula is C22H23NO4S. The van der Waals surface area contributed by atoms with Crippen LogP contribution in [0, 0.1) is 0 Å². The van der Waals surface area contributed by atoms with E-state index in [0.29, 0.717) is 13.0 Å². The summed E-state index contributed by atoms with van der Waals surface area (Å²) in [6.45, 7) is 4.09. The maximum absolute atomic E-state index is 13.2. The summed E-state index contributed by atoms with van der Waals surface area (Å²) in [6, 6.07) is 19.0. The number of ether oxygens (including phenoxy) is 2. The Morgan fingerprint density at radius 2 is 1.82 bits per heavy atom. The number of amides is 1. The van der Waals surface area contributed by atoms with Crippen LogP contribution in [0.1, 0.15) is 11.1 Å². The monoisotopic (exact) mass is 397 g/mol. The molecule has 0 spiro atoms. The molecule has 0 aromatic heterocycles. The summed E-state index contributed by atoms with van der Waals surface area (Å²) in [4.78, 5) is 14.6. The van der Waals surface area contributed by atoms with Crippen molar-refractivity contribution in [2.45, 2.75) is 31.3 Å². The van der Waals surface area contributed by atoms with Gasteiger partial charge in [0, 0.05) is 0 Å². The maximum Gasteiger partial charge on any atom is 0.266 e. The van der Waals surface area contributed by atoms with Gasteiger partial charge in [-0.15, -0.1) is 6.58 Å². The van der Waals surface area contributed by atoms with Gasteiger partial charge in [0.25, 0.3) is 11.1 Å². The van der Waals surface area contributed by atoms with Gasteiger partial charge >= 0.3 is 0 Å². The van der Waals surface area contributed by atoms with E-state index in [1.165, 1.54) is 11.0 Å². The average molecular weight is 397 g/mol. The molecule has 2 aromatic rings. The summed E-state index contributed by atoms with van der Waals surface area (Å²) in [6.07, 6.45) is -0.380. The van der Waals surface area contributed by atoms with Crippen LogP contribution in [0.2, 0.25) is 0 Å². The molecule has 28 heavy (non-hydrogen) atoms. The highest BCUT2D eigenvalue weighted by Crippen LogP contribution is 2.21. The second kappa shape index (κ2) is 9.59. The number of hydrogen-bond acceptors (Lipinski definition) is 5. The first-order valence-electron chi connectivity index (χ1n) is 9.10. The van der Waals surface area contributed by atoms with Crippen LogP contribution >= 0.6 is 12.2 Å². The quantitative estimate of drug-likeness (QED) is 0.548. The maximum atomic E-state index is 13.2. The number of aliphatic hydroxyl groups is 1. The number of benzene rings is 2. The number of carbonyl (C=O) groups is 1. The zero-order chi connectivity index (χ0) is 19.9. The Kier molecular flexibility index (Phi) is 6.92. The van der Waals surface area contributed by atoms with Gasteiger partial charge < -0.3 is 14.6 Å². The first kappa shape index (κ1) is 20.2. The molecule has 0 radical (unpaired) electrons. The van der Waals surface area contributed by atoms with E-state index in [-0.39, 0.29) is 17.8 Å². The molecule has 3 rings (SSSR count). The van der Waals surface area contributed by atoms with Gasteiger partial charge in [0.2, 0.25) is 0 Å². The Morgan fingerprint density at radius 3 is 2.43 bits per heavy atom. The van der Waals surface area contributed by atoms with E-state index in [0.717, 1.165) is 11.1 Å². The van der Waals surface area contributed by atoms with Crippen LogP contribution in [-0.4, -0.2) is 45.9 Å². The highest BCUT2D eigenvalue weighted by atomic mass is 32.1. The van der Waals surface area contributed by atoms with Gasteiger partial charge in [-0.3, -0.25) is 9.69 Å². The molecule has 0 saturated carbocycles. The number of rotatable bonds is 8. The minimum Gasteiger partial charge on any atom is -0.468 e. The van der Waals surface area contributed by atoms with Crippen molar-refractivity contribution >= 4 is 23.3 Å². The number of hydrogen-bond donors (Lipinski definition) is 1. The number of carbonyl (C=O) groups excluding carboxylic acids is 1. The topological polar surface area (TPSA) is 59.0 Å². The summed E-state index contributed by atoms with van der Waals surface area (Å²) < 4.78 is 11.2. The largest absolute Gasteiger partial charge is 0.468 e. The molecule has 1 fully saturated rings. The summed E-state index contributed by atoms with van der Waals surface area (Å²) in [5, 5.41) is 10.4. The van der Waals surface area contributed by atoms with Gasteiger partial charge in [0.15, 0.2) is 6.10 Å². The van der Waals surface area contributed by atoms with E-state index in [4.69, 9.17) is 21.7 Å². The lowest BCUT2D eigenvalue weighted by Crippen LogP contribution is -2.50. The van der Waals surface area contributed by atoms with Crippen molar-refractivity contribution in [2.24, 2.45) is 0 Å². The van der Waals surface area contributed by atoms with Gasteiger partial charge in [-0.2, -0.15) is 0 Å². The second-order valence-corrected chi connectivity index (χ2v) is 6.92. The Hall–Kier alpha value is -2.54. The van der Waals surface area contributed by atoms with E-state index < -0.39 is 18.1 Å². The van der Waals surface area contributed by atoms with E-state index in [9.17, 15) is 9.90 Å². The molecule has 1 heterocycles. The molecule has 2 aromatic carbocycles. The van der Waals surface area contributed by atoms with Gasteiger partial charge in [0.1, 0.15) is 12.7 Å². The summed E-state index contributed by atoms with van der Waals surface area (Å²) in [7, 11) is 0. The van der Waals surface area contributed by atoms with E-state index in [1.54, 1.807) is 0 Å². The molecule has 6 heteroatoms. The van der Waals surface area contributed by atoms with Crippen molar-refractivity contribution < 1.29 is 19.4 Å². The third-order valence-corrected chi connectivity index (χ3v) is 4.89. The standard InChI is InChI=1S/C22H23NO4S/c1-2-19(24)20(26-14-17-11-7-4-8-12-17)21(25)23-18(15-27-22(23)28)13-16-9-5-3-6-10-16/h2-12,18-20,24H,1,13-15H2/t18-,19+,20+/m0/s1. The lowest BCUT2D eigenvalue weighted by Gasteiger charge is -2.28. The minimum atomic E-state index is -1.16. The third-order valence-electron chi connectivity index (χ3n) is 4.58. The molecule has 0 bridgehead atoms. The van der Waals surface area contributed by atoms with Crippen LogP contribution < -0.4 is 0 Å². The molecule has 1 aliphatic rings. The molecule has 1 N–H and O–H groups in total. The second-order valence-electron chi connectivity index (χ2n) is 6.57. The first-order chi connectivity index (χ1) is 13.6. The molecule has 0 unspecified atom stereocenters. The minimum absolute atomic E-state index is 0.107. The molecule has 5 nitrogen and oxygen atoms in total. The lowest BCUT2D eigenvalue weighted by atomic mass is 10.0. The average Bonchev–Trinajstić information content (AvgIpc) is 3.09. The number of thiocarbonyl (C=S) groups is 1. The van der Waals surface area contributed by atoms with Crippen molar-refractivity contribution in [1.82, 2.24) is 4.90 Å². The van der Waals surface area contributed by atoms with Crippen molar-refractivity contribution in [3.05, 3.63) is 84.4 Å². The SMILES string of the molecule is C=C[C@@H](O)[C@@H](OCc1ccccc1)C(=O)N1C(=S)OC[C@@H]1Cc1ccccc1. The molecule has 1 saturated heterocycles. The summed E-state index contributed by atoms with van der Waals surface area (Å²) >= 11 is 5.25. The Morgan fingerprint density at radius 1 is 1.21 bits per heavy atom. The molecule has 0 aliphatic carbocycles. The van der Waals surface area contributed by atoms with Crippen LogP contribution in [0.3, 0.4) is 0 Å². The van der Waals surface area contributed by atoms with Gasteiger partial charge in [0.05, 0.1) is 12.6 Å². The van der Waals surface area contributed by atoms with Crippen molar-refractivity contribution in [3.63, 3.8) is 0 Å². The fraction of sp³-hybridized carbons (Fsp3) is 0.273. The Balaban J connectivity index is 1.75. The summed E-state index contributed by atoms with van der Waals surface area (Å²) in [5.41, 5.74) is 1.97. The summed E-state index contributed by atoms with van der Waals surface area (Å²) in [5.74, 6) is -0.424. The highest BCUT2D eigenvalue weighted by molar-refractivity contribution is 7.80. The van der Waals surface area contributed by atoms with Crippen molar-refractivity contribution in [2.75, 3.05) is 6.61 Å². The zero-order valence-corrected chi connectivity index (χ0v) is 16.3. The zero-order valence-electron chi connectivity index (χ0n) is 15.4. The van der Waals surface area contributed by atoms with Crippen molar-refractivity contribution in [3.8, 4) is 0 Å². The third kappa shape index (κ3) is 4.84. The molecule has 3 atom stereocenters. The molecule has 1 amide bonds. The fourth-order valence-corrected chi connectivity index (χ4v) is 3.41. The smallest absolute Gasteiger partial charge is 0.266 e. The number of nitrogens with zero attached hydrogens (tertiary/aromatic N) is 1.